The number of nitrogens with one attached hydrogen (secondary N) is 1. The molecule has 12 heteroatoms. The molecule has 3 aromatic heterocycles. The minimum absolute atomic E-state index is 0.247. The van der Waals surface area contributed by atoms with Crippen LogP contribution in [0.15, 0.2) is 67.3 Å². The third-order valence-electron chi connectivity index (χ3n) is 7.09. The van der Waals surface area contributed by atoms with Gasteiger partial charge in [0.2, 0.25) is 0 Å². The maximum Gasteiger partial charge on any atom is 0.158 e. The quantitative estimate of drug-likeness (QED) is 0.199. The Hall–Kier alpha value is -4.36. The number of alkyl halides is 1. The van der Waals surface area contributed by atoms with Crippen molar-refractivity contribution in [2.45, 2.75) is 19.5 Å². The number of nitriles is 2. The van der Waals surface area contributed by atoms with Crippen LogP contribution in [-0.4, -0.2) is 72.2 Å². The summed E-state index contributed by atoms with van der Waals surface area (Å²) in [5.41, 5.74) is 4.85. The first-order valence-corrected chi connectivity index (χ1v) is 14.7. The molecule has 1 saturated heterocycles. The van der Waals surface area contributed by atoms with Gasteiger partial charge in [0, 0.05) is 43.4 Å². The van der Waals surface area contributed by atoms with E-state index in [-0.39, 0.29) is 5.82 Å². The molecule has 0 amide bonds. The summed E-state index contributed by atoms with van der Waals surface area (Å²) in [6, 6.07) is 18.9. The molecular weight excluding hydrogens is 599 g/mol. The first-order valence-electron chi connectivity index (χ1n) is 13.6. The van der Waals surface area contributed by atoms with Crippen molar-refractivity contribution in [3.05, 3.63) is 84.2 Å². The molecule has 1 N–H and O–H groups in total. The Morgan fingerprint density at radius 2 is 1.79 bits per heavy atom. The number of fused-ring (bicyclic) bond motifs is 2. The van der Waals surface area contributed by atoms with E-state index in [0.29, 0.717) is 18.4 Å². The summed E-state index contributed by atoms with van der Waals surface area (Å²) in [5, 5.41) is 30.5. The van der Waals surface area contributed by atoms with Crippen LogP contribution in [-0.2, 0) is 13.1 Å². The van der Waals surface area contributed by atoms with Crippen molar-refractivity contribution in [3.8, 4) is 12.1 Å². The van der Waals surface area contributed by atoms with Crippen molar-refractivity contribution in [1.82, 2.24) is 34.2 Å². The highest BCUT2D eigenvalue weighted by molar-refractivity contribution is 9.09. The average Bonchev–Trinajstić information content (AvgIpc) is 3.52. The van der Waals surface area contributed by atoms with Crippen LogP contribution < -0.4 is 5.32 Å². The van der Waals surface area contributed by atoms with E-state index < -0.39 is 0 Å². The molecule has 0 atom stereocenters. The van der Waals surface area contributed by atoms with Crippen molar-refractivity contribution in [2.75, 3.05) is 43.4 Å². The summed E-state index contributed by atoms with van der Waals surface area (Å²) in [6.07, 6.45) is 6.40. The van der Waals surface area contributed by atoms with Crippen LogP contribution in [0, 0.1) is 28.5 Å². The number of hydrogen-bond acceptors (Lipinski definition) is 8. The molecule has 10 nitrogen and oxygen atoms in total. The number of hydrogen-bond donors (Lipinski definition) is 1. The van der Waals surface area contributed by atoms with E-state index in [1.807, 2.05) is 51.9 Å². The zero-order valence-corrected chi connectivity index (χ0v) is 24.6. The Morgan fingerprint density at radius 1 is 0.952 bits per heavy atom. The van der Waals surface area contributed by atoms with Crippen LogP contribution in [0.1, 0.15) is 17.5 Å². The van der Waals surface area contributed by atoms with Gasteiger partial charge < -0.3 is 5.32 Å². The lowest BCUT2D eigenvalue weighted by atomic mass is 10.2. The maximum absolute atomic E-state index is 13.6. The maximum atomic E-state index is 13.6. The van der Waals surface area contributed by atoms with Crippen LogP contribution in [0.2, 0.25) is 0 Å². The second kappa shape index (κ2) is 14.0. The lowest BCUT2D eigenvalue weighted by molar-refractivity contribution is 0.264. The summed E-state index contributed by atoms with van der Waals surface area (Å²) >= 11 is 2.89. The predicted molar refractivity (Wildman–Crippen MR) is 163 cm³/mol. The van der Waals surface area contributed by atoms with Crippen LogP contribution in [0.4, 0.5) is 15.9 Å². The van der Waals surface area contributed by atoms with Crippen LogP contribution in [0.25, 0.3) is 16.4 Å². The molecule has 1 fully saturated rings. The Kier molecular flexibility index (Phi) is 9.72. The molecule has 1 aliphatic rings. The normalized spacial score (nSPS) is 14.1. The fourth-order valence-electron chi connectivity index (χ4n) is 5.15. The SMILES string of the molecule is N#CCBr.N#CCN1CCCN(Cc2ccn3ncnc(Nc4ccc5c(cnn5Cc5cccc(F)c5)c4)c23)CC1. The summed E-state index contributed by atoms with van der Waals surface area (Å²) < 4.78 is 17.4. The molecule has 4 heterocycles. The van der Waals surface area contributed by atoms with E-state index in [9.17, 15) is 4.39 Å². The fraction of sp³-hybridized carbons (Fsp3) is 0.300. The molecule has 5 aromatic rings. The van der Waals surface area contributed by atoms with Gasteiger partial charge in [-0.05, 0) is 60.5 Å². The number of halogens is 2. The Bertz CT molecular complexity index is 1730. The number of nitrogens with zero attached hydrogens (tertiary/aromatic N) is 9. The fourth-order valence-corrected chi connectivity index (χ4v) is 5.15. The molecule has 0 saturated carbocycles. The molecule has 42 heavy (non-hydrogen) atoms. The van der Waals surface area contributed by atoms with E-state index in [4.69, 9.17) is 10.5 Å². The molecule has 2 aromatic carbocycles. The number of aromatic nitrogens is 5. The highest BCUT2D eigenvalue weighted by Crippen LogP contribution is 2.27. The van der Waals surface area contributed by atoms with Crippen LogP contribution >= 0.6 is 15.9 Å². The van der Waals surface area contributed by atoms with Crippen LogP contribution in [0.5, 0.6) is 0 Å². The third-order valence-corrected chi connectivity index (χ3v) is 7.34. The standard InChI is InChI=1S/C28H28FN9.C2H2BrN/c29-24-4-1-3-21(15-24)18-38-26-6-5-25(16-23(26)17-32-38)34-28-27-22(7-11-37(27)33-20-31-28)19-36-10-2-9-35(12-8-30)13-14-36;3-1-2-4/h1,3-7,11,15-17,20H,2,9-10,12-14,18-19H2,(H,31,33,34);1H2. The van der Waals surface area contributed by atoms with Gasteiger partial charge in [0.15, 0.2) is 5.82 Å². The molecule has 214 valence electrons. The number of anilines is 2. The second-order valence-electron chi connectivity index (χ2n) is 9.93. The second-order valence-corrected chi connectivity index (χ2v) is 10.5. The molecule has 0 aliphatic carbocycles. The number of rotatable bonds is 7. The highest BCUT2D eigenvalue weighted by Gasteiger charge is 2.18. The van der Waals surface area contributed by atoms with Gasteiger partial charge in [0.25, 0.3) is 0 Å². The third kappa shape index (κ3) is 7.09. The monoisotopic (exact) mass is 628 g/mol. The van der Waals surface area contributed by atoms with Gasteiger partial charge in [0.05, 0.1) is 42.3 Å². The summed E-state index contributed by atoms with van der Waals surface area (Å²) in [7, 11) is 0. The predicted octanol–water partition coefficient (Wildman–Crippen LogP) is 4.95. The van der Waals surface area contributed by atoms with E-state index in [2.05, 4.69) is 58.4 Å². The first kappa shape index (κ1) is 29.1. The van der Waals surface area contributed by atoms with E-state index in [0.717, 1.165) is 78.2 Å². The summed E-state index contributed by atoms with van der Waals surface area (Å²) in [5.74, 6) is 0.496. The molecule has 0 spiro atoms. The van der Waals surface area contributed by atoms with Crippen molar-refractivity contribution in [3.63, 3.8) is 0 Å². The molecule has 1 aliphatic heterocycles. The van der Waals surface area contributed by atoms with Gasteiger partial charge in [-0.1, -0.05) is 28.1 Å². The van der Waals surface area contributed by atoms with Gasteiger partial charge in [-0.3, -0.25) is 14.5 Å². The smallest absolute Gasteiger partial charge is 0.158 e. The minimum Gasteiger partial charge on any atom is -0.338 e. The largest absolute Gasteiger partial charge is 0.338 e. The average molecular weight is 630 g/mol. The zero-order chi connectivity index (χ0) is 29.3. The molecule has 0 radical (unpaired) electrons. The zero-order valence-electron chi connectivity index (χ0n) is 23.0. The van der Waals surface area contributed by atoms with Gasteiger partial charge in [-0.25, -0.2) is 13.9 Å². The first-order chi connectivity index (χ1) is 20.6. The van der Waals surface area contributed by atoms with Crippen molar-refractivity contribution in [2.24, 2.45) is 0 Å². The molecular formula is C30H30BrFN10. The Labute approximate surface area is 251 Å². The Balaban J connectivity index is 0.000000830. The molecule has 0 bridgehead atoms. The summed E-state index contributed by atoms with van der Waals surface area (Å²) in [6.45, 7) is 5.55. The van der Waals surface area contributed by atoms with Gasteiger partial charge in [0.1, 0.15) is 17.7 Å². The molecule has 0 unspecified atom stereocenters. The summed E-state index contributed by atoms with van der Waals surface area (Å²) in [4.78, 5) is 9.22. The lowest BCUT2D eigenvalue weighted by Gasteiger charge is -2.20. The Morgan fingerprint density at radius 3 is 2.60 bits per heavy atom. The topological polar surface area (TPSA) is 114 Å². The van der Waals surface area contributed by atoms with Crippen LogP contribution in [0.3, 0.4) is 0 Å². The van der Waals surface area contributed by atoms with Crippen molar-refractivity contribution >= 4 is 43.9 Å². The van der Waals surface area contributed by atoms with Gasteiger partial charge in [-0.2, -0.15) is 20.7 Å². The van der Waals surface area contributed by atoms with E-state index in [1.165, 1.54) is 12.1 Å². The minimum atomic E-state index is -0.247. The van der Waals surface area contributed by atoms with Crippen molar-refractivity contribution in [1.29, 1.82) is 10.5 Å². The van der Waals surface area contributed by atoms with Gasteiger partial charge >= 0.3 is 0 Å². The molecule has 6 rings (SSSR count). The van der Waals surface area contributed by atoms with E-state index in [1.54, 1.807) is 12.4 Å². The van der Waals surface area contributed by atoms with Gasteiger partial charge in [-0.15, -0.1) is 0 Å². The number of benzene rings is 2. The van der Waals surface area contributed by atoms with Crippen molar-refractivity contribution < 1.29 is 4.39 Å². The van der Waals surface area contributed by atoms with E-state index >= 15 is 0 Å². The lowest BCUT2D eigenvalue weighted by Crippen LogP contribution is -2.30. The highest BCUT2D eigenvalue weighted by atomic mass is 79.9.